The van der Waals surface area contributed by atoms with E-state index in [2.05, 4.69) is 15.1 Å². The van der Waals surface area contributed by atoms with Crippen molar-refractivity contribution in [3.8, 4) is 17.2 Å². The molecule has 27 heavy (non-hydrogen) atoms. The number of aromatic nitrogens is 1. The van der Waals surface area contributed by atoms with Crippen molar-refractivity contribution in [2.45, 2.75) is 6.92 Å². The highest BCUT2D eigenvalue weighted by Gasteiger charge is 2.06. The monoisotopic (exact) mass is 363 g/mol. The minimum atomic E-state index is -0.336. The molecule has 1 aromatic heterocycles. The minimum absolute atomic E-state index is 0.123. The number of hydrogen-bond donors (Lipinski definition) is 1. The fraction of sp³-hybridized carbons (Fsp3) is 0.143. The third kappa shape index (κ3) is 4.76. The first kappa shape index (κ1) is 18.3. The lowest BCUT2D eigenvalue weighted by molar-refractivity contribution is -0.123. The summed E-state index contributed by atoms with van der Waals surface area (Å²) in [6.45, 7) is 1.90. The van der Waals surface area contributed by atoms with E-state index in [1.807, 2.05) is 49.4 Å². The summed E-state index contributed by atoms with van der Waals surface area (Å²) in [5.74, 6) is 0.980. The van der Waals surface area contributed by atoms with Crippen LogP contribution in [0.5, 0.6) is 11.5 Å². The van der Waals surface area contributed by atoms with Gasteiger partial charge in [0.25, 0.3) is 5.91 Å². The van der Waals surface area contributed by atoms with E-state index >= 15 is 0 Å². The lowest BCUT2D eigenvalue weighted by Crippen LogP contribution is -2.24. The molecule has 1 N–H and O–H groups in total. The lowest BCUT2D eigenvalue weighted by Gasteiger charge is -2.09. The minimum Gasteiger partial charge on any atom is -0.497 e. The van der Waals surface area contributed by atoms with Gasteiger partial charge in [-0.25, -0.2) is 5.43 Å². The molecule has 0 unspecified atom stereocenters. The number of benzene rings is 2. The van der Waals surface area contributed by atoms with Crippen molar-refractivity contribution in [2.24, 2.45) is 5.10 Å². The maximum Gasteiger partial charge on any atom is 0.277 e. The molecule has 6 heteroatoms. The van der Waals surface area contributed by atoms with Crippen LogP contribution in [0.4, 0.5) is 0 Å². The second-order valence-corrected chi connectivity index (χ2v) is 5.83. The Morgan fingerprint density at radius 2 is 1.74 bits per heavy atom. The Bertz CT molecular complexity index is 916. The fourth-order valence-electron chi connectivity index (χ4n) is 2.61. The summed E-state index contributed by atoms with van der Waals surface area (Å²) in [5.41, 5.74) is 5.47. The maximum absolute atomic E-state index is 11.9. The van der Waals surface area contributed by atoms with Crippen LogP contribution in [0.1, 0.15) is 11.4 Å². The molecule has 3 rings (SSSR count). The van der Waals surface area contributed by atoms with Crippen LogP contribution in [0.25, 0.3) is 5.69 Å². The zero-order valence-electron chi connectivity index (χ0n) is 15.3. The van der Waals surface area contributed by atoms with Gasteiger partial charge in [0.2, 0.25) is 0 Å². The van der Waals surface area contributed by atoms with Crippen LogP contribution < -0.4 is 14.9 Å². The molecule has 0 saturated carbocycles. The Kier molecular flexibility index (Phi) is 5.89. The van der Waals surface area contributed by atoms with E-state index in [0.717, 1.165) is 22.8 Å². The number of carbonyl (C=O) groups excluding carboxylic acids is 1. The number of para-hydroxylation sites is 1. The molecular formula is C21H21N3O3. The molecule has 0 aliphatic rings. The van der Waals surface area contributed by atoms with E-state index in [1.54, 1.807) is 37.6 Å². The van der Waals surface area contributed by atoms with Crippen LogP contribution >= 0.6 is 0 Å². The molecule has 6 nitrogen and oxygen atoms in total. The molecule has 0 aliphatic heterocycles. The normalized spacial score (nSPS) is 10.7. The summed E-state index contributed by atoms with van der Waals surface area (Å²) in [4.78, 5) is 11.9. The van der Waals surface area contributed by atoms with Gasteiger partial charge in [0.1, 0.15) is 11.5 Å². The highest BCUT2D eigenvalue weighted by molar-refractivity contribution is 5.82. The van der Waals surface area contributed by atoms with Gasteiger partial charge < -0.3 is 14.0 Å². The first-order valence-corrected chi connectivity index (χ1v) is 8.50. The molecule has 1 heterocycles. The average Bonchev–Trinajstić information content (AvgIpc) is 3.08. The van der Waals surface area contributed by atoms with E-state index in [4.69, 9.17) is 9.47 Å². The zero-order valence-corrected chi connectivity index (χ0v) is 15.3. The van der Waals surface area contributed by atoms with Crippen molar-refractivity contribution in [2.75, 3.05) is 13.7 Å². The Morgan fingerprint density at radius 1 is 1.04 bits per heavy atom. The van der Waals surface area contributed by atoms with Gasteiger partial charge in [-0.15, -0.1) is 0 Å². The molecule has 0 bridgehead atoms. The molecule has 0 atom stereocenters. The highest BCUT2D eigenvalue weighted by Crippen LogP contribution is 2.17. The number of ether oxygens (including phenoxy) is 2. The third-order valence-electron chi connectivity index (χ3n) is 3.94. The van der Waals surface area contributed by atoms with E-state index in [-0.39, 0.29) is 12.5 Å². The molecular weight excluding hydrogens is 342 g/mol. The van der Waals surface area contributed by atoms with Gasteiger partial charge >= 0.3 is 0 Å². The van der Waals surface area contributed by atoms with Gasteiger partial charge in [0.05, 0.1) is 19.0 Å². The van der Waals surface area contributed by atoms with Crippen LogP contribution in [-0.4, -0.2) is 30.4 Å². The van der Waals surface area contributed by atoms with Crippen molar-refractivity contribution in [1.82, 2.24) is 9.99 Å². The number of amides is 1. The summed E-state index contributed by atoms with van der Waals surface area (Å²) >= 11 is 0. The van der Waals surface area contributed by atoms with Crippen molar-refractivity contribution >= 4 is 12.1 Å². The molecule has 2 aromatic carbocycles. The second-order valence-electron chi connectivity index (χ2n) is 5.83. The predicted octanol–water partition coefficient (Wildman–Crippen LogP) is 3.32. The number of aryl methyl sites for hydroxylation is 1. The van der Waals surface area contributed by atoms with Crippen LogP contribution in [0.3, 0.4) is 0 Å². The van der Waals surface area contributed by atoms with Gasteiger partial charge in [-0.2, -0.15) is 5.10 Å². The molecule has 0 spiro atoms. The molecule has 0 aliphatic carbocycles. The highest BCUT2D eigenvalue weighted by atomic mass is 16.5. The van der Waals surface area contributed by atoms with E-state index < -0.39 is 0 Å². The van der Waals surface area contributed by atoms with Crippen LogP contribution in [-0.2, 0) is 4.79 Å². The number of hydrazone groups is 1. The standard InChI is InChI=1S/C21H21N3O3/c1-16-8-9-18(24(16)17-6-4-3-5-7-17)14-22-23-21(25)15-27-20-12-10-19(26-2)11-13-20/h3-14H,15H2,1-2H3,(H,23,25)/b22-14-. The maximum atomic E-state index is 11.9. The summed E-state index contributed by atoms with van der Waals surface area (Å²) in [6.07, 6.45) is 1.62. The number of methoxy groups -OCH3 is 1. The quantitative estimate of drug-likeness (QED) is 0.517. The molecule has 3 aromatic rings. The summed E-state index contributed by atoms with van der Waals surface area (Å²) in [5, 5.41) is 4.04. The molecule has 0 fully saturated rings. The van der Waals surface area contributed by atoms with Crippen molar-refractivity contribution in [3.05, 3.63) is 78.1 Å². The Balaban J connectivity index is 1.57. The number of nitrogens with one attached hydrogen (secondary N) is 1. The number of nitrogens with zero attached hydrogens (tertiary/aromatic N) is 2. The lowest BCUT2D eigenvalue weighted by atomic mass is 10.3. The first-order valence-electron chi connectivity index (χ1n) is 8.50. The van der Waals surface area contributed by atoms with Gasteiger partial charge in [-0.05, 0) is 55.5 Å². The van der Waals surface area contributed by atoms with E-state index in [9.17, 15) is 4.79 Å². The summed E-state index contributed by atoms with van der Waals surface area (Å²) < 4.78 is 12.6. The molecule has 0 saturated heterocycles. The number of rotatable bonds is 7. The van der Waals surface area contributed by atoms with Crippen molar-refractivity contribution in [1.29, 1.82) is 0 Å². The predicted molar refractivity (Wildman–Crippen MR) is 105 cm³/mol. The second kappa shape index (κ2) is 8.71. The smallest absolute Gasteiger partial charge is 0.277 e. The van der Waals surface area contributed by atoms with Gasteiger partial charge in [-0.1, -0.05) is 18.2 Å². The fourth-order valence-corrected chi connectivity index (χ4v) is 2.61. The molecule has 1 amide bonds. The van der Waals surface area contributed by atoms with E-state index in [0.29, 0.717) is 5.75 Å². The van der Waals surface area contributed by atoms with Gasteiger partial charge in [0, 0.05) is 11.4 Å². The Hall–Kier alpha value is -3.54. The Morgan fingerprint density at radius 3 is 2.44 bits per heavy atom. The van der Waals surface area contributed by atoms with E-state index in [1.165, 1.54) is 0 Å². The zero-order chi connectivity index (χ0) is 19.1. The van der Waals surface area contributed by atoms with Crippen molar-refractivity contribution in [3.63, 3.8) is 0 Å². The summed E-state index contributed by atoms with van der Waals surface area (Å²) in [7, 11) is 1.59. The number of carbonyl (C=O) groups is 1. The first-order chi connectivity index (χ1) is 13.2. The van der Waals surface area contributed by atoms with Crippen LogP contribution in [0.15, 0.2) is 71.8 Å². The third-order valence-corrected chi connectivity index (χ3v) is 3.94. The van der Waals surface area contributed by atoms with Gasteiger partial charge in [-0.3, -0.25) is 4.79 Å². The molecule has 0 radical (unpaired) electrons. The van der Waals surface area contributed by atoms with Crippen molar-refractivity contribution < 1.29 is 14.3 Å². The average molecular weight is 363 g/mol. The SMILES string of the molecule is COc1ccc(OCC(=O)N/N=C\c2ccc(C)n2-c2ccccc2)cc1. The largest absolute Gasteiger partial charge is 0.497 e. The molecule has 138 valence electrons. The topological polar surface area (TPSA) is 64.8 Å². The van der Waals surface area contributed by atoms with Gasteiger partial charge in [0.15, 0.2) is 6.61 Å². The van der Waals surface area contributed by atoms with Crippen LogP contribution in [0.2, 0.25) is 0 Å². The van der Waals surface area contributed by atoms with Crippen LogP contribution in [0, 0.1) is 6.92 Å². The Labute approximate surface area is 158 Å². The number of hydrogen-bond acceptors (Lipinski definition) is 4. The summed E-state index contributed by atoms with van der Waals surface area (Å²) in [6, 6.07) is 20.9.